The summed E-state index contributed by atoms with van der Waals surface area (Å²) in [5, 5.41) is 18.8. The number of esters is 1. The first kappa shape index (κ1) is 15.1. The van der Waals surface area contributed by atoms with E-state index in [0.717, 1.165) is 0 Å². The molecule has 104 valence electrons. The van der Waals surface area contributed by atoms with Gasteiger partial charge in [0.05, 0.1) is 7.11 Å². The fourth-order valence-electron chi connectivity index (χ4n) is 1.31. The lowest BCUT2D eigenvalue weighted by atomic mass is 10.1. The molecule has 0 aliphatic rings. The second-order valence-electron chi connectivity index (χ2n) is 4.38. The Morgan fingerprint density at radius 3 is 2.47 bits per heavy atom. The molecule has 0 heterocycles. The number of ether oxygens (including phenoxy) is 2. The van der Waals surface area contributed by atoms with Crippen LogP contribution >= 0.6 is 0 Å². The molecule has 0 bridgehead atoms. The fraction of sp³-hybridized carbons (Fsp3) is 0.385. The summed E-state index contributed by atoms with van der Waals surface area (Å²) < 4.78 is 9.41. The highest BCUT2D eigenvalue weighted by molar-refractivity contribution is 6.01. The number of phenols is 1. The van der Waals surface area contributed by atoms with Crippen LogP contribution in [0.1, 0.15) is 34.6 Å². The lowest BCUT2D eigenvalue weighted by molar-refractivity contribution is -0.167. The third kappa shape index (κ3) is 4.35. The Kier molecular flexibility index (Phi) is 4.63. The van der Waals surface area contributed by atoms with E-state index in [-0.39, 0.29) is 23.5 Å². The van der Waals surface area contributed by atoms with Crippen LogP contribution in [0.25, 0.3) is 0 Å². The molecular weight excluding hydrogens is 252 g/mol. The molecule has 19 heavy (non-hydrogen) atoms. The number of hydrogen-bond donors (Lipinski definition) is 2. The average molecular weight is 268 g/mol. The van der Waals surface area contributed by atoms with E-state index in [1.807, 2.05) is 0 Å². The summed E-state index contributed by atoms with van der Waals surface area (Å²) in [5.41, 5.74) is 0.0825. The Morgan fingerprint density at radius 1 is 1.32 bits per heavy atom. The first-order chi connectivity index (χ1) is 8.74. The Balaban J connectivity index is 2.90. The van der Waals surface area contributed by atoms with Gasteiger partial charge in [-0.25, -0.2) is 4.79 Å². The van der Waals surface area contributed by atoms with Gasteiger partial charge in [-0.15, -0.1) is 0 Å². The number of aliphatic hydroxyl groups is 1. The van der Waals surface area contributed by atoms with Gasteiger partial charge in [-0.05, 0) is 32.0 Å². The molecule has 0 aliphatic heterocycles. The van der Waals surface area contributed by atoms with Crippen molar-refractivity contribution in [1.82, 2.24) is 0 Å². The molecule has 0 amide bonds. The van der Waals surface area contributed by atoms with Crippen LogP contribution in [0.2, 0.25) is 0 Å². The number of methoxy groups -OCH3 is 1. The first-order valence-electron chi connectivity index (χ1n) is 5.55. The van der Waals surface area contributed by atoms with E-state index in [0.29, 0.717) is 0 Å². The molecular formula is C13H16O6. The van der Waals surface area contributed by atoms with Crippen molar-refractivity contribution in [2.45, 2.75) is 19.6 Å². The predicted molar refractivity (Wildman–Crippen MR) is 66.0 cm³/mol. The minimum absolute atomic E-state index is 0.100. The molecule has 1 rings (SSSR count). The smallest absolute Gasteiger partial charge is 0.341 e. The van der Waals surface area contributed by atoms with Gasteiger partial charge in [0.25, 0.3) is 0 Å². The average Bonchev–Trinajstić information content (AvgIpc) is 2.34. The highest BCUT2D eigenvalue weighted by Crippen LogP contribution is 2.20. The Labute approximate surface area is 110 Å². The van der Waals surface area contributed by atoms with Crippen LogP contribution in [0.4, 0.5) is 0 Å². The number of benzene rings is 1. The third-order valence-electron chi connectivity index (χ3n) is 2.28. The van der Waals surface area contributed by atoms with Crippen LogP contribution in [0.5, 0.6) is 5.75 Å². The molecule has 0 unspecified atom stereocenters. The highest BCUT2D eigenvalue weighted by Gasteiger charge is 2.18. The van der Waals surface area contributed by atoms with E-state index in [9.17, 15) is 19.8 Å². The van der Waals surface area contributed by atoms with Gasteiger partial charge in [0.2, 0.25) is 0 Å². The molecule has 1 aromatic rings. The number of ketones is 1. The standard InChI is InChI=1S/C13H16O6/c1-13(2,17)19-7-11(15)8-4-5-10(14)9(6-8)12(16)18-3/h4-6,14,17H,7H2,1-3H3. The molecule has 0 aromatic heterocycles. The van der Waals surface area contributed by atoms with Crippen LogP contribution in [-0.2, 0) is 9.47 Å². The van der Waals surface area contributed by atoms with Crippen molar-refractivity contribution in [3.05, 3.63) is 29.3 Å². The number of carbonyl (C=O) groups is 2. The van der Waals surface area contributed by atoms with Gasteiger partial charge >= 0.3 is 5.97 Å². The largest absolute Gasteiger partial charge is 0.507 e. The first-order valence-corrected chi connectivity index (χ1v) is 5.55. The lowest BCUT2D eigenvalue weighted by Crippen LogP contribution is -2.26. The number of aromatic hydroxyl groups is 1. The maximum atomic E-state index is 11.8. The van der Waals surface area contributed by atoms with Gasteiger partial charge < -0.3 is 19.7 Å². The number of carbonyl (C=O) groups excluding carboxylic acids is 2. The number of Topliss-reactive ketones (excluding diaryl/α,β-unsaturated/α-hetero) is 1. The van der Waals surface area contributed by atoms with Gasteiger partial charge in [-0.1, -0.05) is 0 Å². The van der Waals surface area contributed by atoms with E-state index in [2.05, 4.69) is 4.74 Å². The van der Waals surface area contributed by atoms with Crippen molar-refractivity contribution in [2.24, 2.45) is 0 Å². The van der Waals surface area contributed by atoms with Gasteiger partial charge in [0, 0.05) is 5.56 Å². The molecule has 0 radical (unpaired) electrons. The zero-order valence-electron chi connectivity index (χ0n) is 11.0. The quantitative estimate of drug-likeness (QED) is 0.472. The van der Waals surface area contributed by atoms with E-state index in [1.54, 1.807) is 0 Å². The Bertz CT molecular complexity index is 486. The molecule has 0 atom stereocenters. The van der Waals surface area contributed by atoms with Gasteiger partial charge in [-0.2, -0.15) is 0 Å². The van der Waals surface area contributed by atoms with Crippen molar-refractivity contribution >= 4 is 11.8 Å². The Morgan fingerprint density at radius 2 is 1.95 bits per heavy atom. The topological polar surface area (TPSA) is 93.1 Å². The van der Waals surface area contributed by atoms with Gasteiger partial charge in [-0.3, -0.25) is 4.79 Å². The van der Waals surface area contributed by atoms with E-state index in [4.69, 9.17) is 4.74 Å². The maximum Gasteiger partial charge on any atom is 0.341 e. The molecule has 0 spiro atoms. The van der Waals surface area contributed by atoms with Gasteiger partial charge in [0.1, 0.15) is 17.9 Å². The molecule has 0 saturated heterocycles. The van der Waals surface area contributed by atoms with Crippen molar-refractivity contribution in [3.63, 3.8) is 0 Å². The fourth-order valence-corrected chi connectivity index (χ4v) is 1.31. The van der Waals surface area contributed by atoms with Crippen LogP contribution in [0.15, 0.2) is 18.2 Å². The minimum atomic E-state index is -1.42. The van der Waals surface area contributed by atoms with Crippen molar-refractivity contribution in [1.29, 1.82) is 0 Å². The van der Waals surface area contributed by atoms with Crippen molar-refractivity contribution < 1.29 is 29.3 Å². The zero-order chi connectivity index (χ0) is 14.6. The SMILES string of the molecule is COC(=O)c1cc(C(=O)COC(C)(C)O)ccc1O. The molecule has 0 aliphatic carbocycles. The normalized spacial score (nSPS) is 11.2. The summed E-state index contributed by atoms with van der Waals surface area (Å²) in [6.07, 6.45) is 0. The summed E-state index contributed by atoms with van der Waals surface area (Å²) in [5.74, 6) is -2.85. The van der Waals surface area contributed by atoms with Crippen molar-refractivity contribution in [2.75, 3.05) is 13.7 Å². The van der Waals surface area contributed by atoms with E-state index < -0.39 is 17.5 Å². The lowest BCUT2D eigenvalue weighted by Gasteiger charge is -2.17. The molecule has 6 nitrogen and oxygen atoms in total. The second kappa shape index (κ2) is 5.81. The Hall–Kier alpha value is -1.92. The van der Waals surface area contributed by atoms with Crippen LogP contribution in [0, 0.1) is 0 Å². The van der Waals surface area contributed by atoms with E-state index in [1.165, 1.54) is 39.2 Å². The minimum Gasteiger partial charge on any atom is -0.507 e. The molecule has 1 aromatic carbocycles. The summed E-state index contributed by atoms with van der Waals surface area (Å²) in [6.45, 7) is 2.46. The van der Waals surface area contributed by atoms with Crippen LogP contribution in [0.3, 0.4) is 0 Å². The monoisotopic (exact) mass is 268 g/mol. The summed E-state index contributed by atoms with van der Waals surface area (Å²) in [7, 11) is 1.17. The molecule has 6 heteroatoms. The molecule has 0 fully saturated rings. The predicted octanol–water partition coefficient (Wildman–Crippen LogP) is 1.11. The summed E-state index contributed by atoms with van der Waals surface area (Å²) in [4.78, 5) is 23.2. The summed E-state index contributed by atoms with van der Waals surface area (Å²) >= 11 is 0. The second-order valence-corrected chi connectivity index (χ2v) is 4.38. The summed E-state index contributed by atoms with van der Waals surface area (Å²) in [6, 6.07) is 3.80. The maximum absolute atomic E-state index is 11.8. The molecule has 2 N–H and O–H groups in total. The van der Waals surface area contributed by atoms with Gasteiger partial charge in [0.15, 0.2) is 11.6 Å². The molecule has 0 saturated carbocycles. The van der Waals surface area contributed by atoms with Crippen LogP contribution < -0.4 is 0 Å². The zero-order valence-corrected chi connectivity index (χ0v) is 11.0. The number of phenolic OH excluding ortho intramolecular Hbond substituents is 1. The van der Waals surface area contributed by atoms with E-state index >= 15 is 0 Å². The number of hydrogen-bond acceptors (Lipinski definition) is 6. The number of rotatable bonds is 5. The third-order valence-corrected chi connectivity index (χ3v) is 2.28. The van der Waals surface area contributed by atoms with Crippen molar-refractivity contribution in [3.8, 4) is 5.75 Å². The van der Waals surface area contributed by atoms with Crippen LogP contribution in [-0.4, -0.2) is 41.5 Å². The highest BCUT2D eigenvalue weighted by atomic mass is 16.6.